The highest BCUT2D eigenvalue weighted by atomic mass is 19.1. The van der Waals surface area contributed by atoms with Gasteiger partial charge in [0.05, 0.1) is 12.9 Å². The fourth-order valence-corrected chi connectivity index (χ4v) is 3.10. The number of urea groups is 1. The molecule has 0 unspecified atom stereocenters. The first-order valence-corrected chi connectivity index (χ1v) is 9.72. The van der Waals surface area contributed by atoms with Gasteiger partial charge in [-0.25, -0.2) is 14.2 Å². The molecular weight excluding hydrogens is 395 g/mol. The number of nitrogens with zero attached hydrogens (tertiary/aromatic N) is 2. The van der Waals surface area contributed by atoms with Gasteiger partial charge in [0.2, 0.25) is 0 Å². The Morgan fingerprint density at radius 1 is 1.03 bits per heavy atom. The van der Waals surface area contributed by atoms with E-state index >= 15 is 0 Å². The minimum absolute atomic E-state index is 0.329. The number of carbonyl (C=O) groups excluding carboxylic acids is 1. The first-order valence-electron chi connectivity index (χ1n) is 9.72. The zero-order valence-electron chi connectivity index (χ0n) is 16.9. The lowest BCUT2D eigenvalue weighted by molar-refractivity contribution is 0.262. The molecule has 2 amide bonds. The Hall–Kier alpha value is -4.13. The molecule has 7 heteroatoms. The number of rotatable bonds is 6. The minimum atomic E-state index is -0.341. The van der Waals surface area contributed by atoms with Crippen molar-refractivity contribution < 1.29 is 13.9 Å². The average molecular weight is 416 g/mol. The van der Waals surface area contributed by atoms with Crippen molar-refractivity contribution in [1.29, 1.82) is 0 Å². The molecule has 4 rings (SSSR count). The molecule has 0 saturated heterocycles. The summed E-state index contributed by atoms with van der Waals surface area (Å²) in [5.41, 5.74) is 3.22. The molecule has 0 saturated carbocycles. The number of aryl methyl sites for hydroxylation is 1. The van der Waals surface area contributed by atoms with Crippen molar-refractivity contribution in [2.45, 2.75) is 13.5 Å². The SMILES string of the molecule is Cc1cccc(NC(=O)Nc2ccc(Oc3ccc(F)cc3)c(Cn3ccnc3)c2)c1. The van der Waals surface area contributed by atoms with Gasteiger partial charge in [0, 0.05) is 29.3 Å². The molecule has 6 nitrogen and oxygen atoms in total. The average Bonchev–Trinajstić information content (AvgIpc) is 3.24. The van der Waals surface area contributed by atoms with Crippen LogP contribution in [0.25, 0.3) is 0 Å². The fraction of sp³-hybridized carbons (Fsp3) is 0.0833. The molecule has 0 atom stereocenters. The molecule has 4 aromatic rings. The minimum Gasteiger partial charge on any atom is -0.457 e. The molecule has 3 aromatic carbocycles. The van der Waals surface area contributed by atoms with E-state index in [4.69, 9.17) is 4.74 Å². The first-order chi connectivity index (χ1) is 15.0. The van der Waals surface area contributed by atoms with Crippen LogP contribution in [0.4, 0.5) is 20.6 Å². The molecule has 31 heavy (non-hydrogen) atoms. The number of ether oxygens (including phenoxy) is 1. The van der Waals surface area contributed by atoms with Gasteiger partial charge in [-0.05, 0) is 67.1 Å². The molecule has 0 bridgehead atoms. The first kappa shape index (κ1) is 20.2. The van der Waals surface area contributed by atoms with Gasteiger partial charge in [0.1, 0.15) is 17.3 Å². The number of hydrogen-bond donors (Lipinski definition) is 2. The highest BCUT2D eigenvalue weighted by molar-refractivity contribution is 5.99. The summed E-state index contributed by atoms with van der Waals surface area (Å²) in [4.78, 5) is 16.5. The summed E-state index contributed by atoms with van der Waals surface area (Å²) in [5, 5.41) is 5.67. The van der Waals surface area contributed by atoms with Crippen LogP contribution in [-0.4, -0.2) is 15.6 Å². The highest BCUT2D eigenvalue weighted by Gasteiger charge is 2.10. The Kier molecular flexibility index (Phi) is 5.93. The second-order valence-electron chi connectivity index (χ2n) is 7.06. The van der Waals surface area contributed by atoms with E-state index in [2.05, 4.69) is 15.6 Å². The topological polar surface area (TPSA) is 68.2 Å². The number of imidazole rings is 1. The third kappa shape index (κ3) is 5.48. The lowest BCUT2D eigenvalue weighted by atomic mass is 10.1. The molecule has 0 radical (unpaired) electrons. The third-order valence-corrected chi connectivity index (χ3v) is 4.55. The number of carbonyl (C=O) groups is 1. The van der Waals surface area contributed by atoms with Gasteiger partial charge in [-0.3, -0.25) is 0 Å². The van der Waals surface area contributed by atoms with E-state index in [1.807, 2.05) is 48.0 Å². The van der Waals surface area contributed by atoms with Crippen LogP contribution in [0.5, 0.6) is 11.5 Å². The molecule has 0 spiro atoms. The molecule has 0 fully saturated rings. The summed E-state index contributed by atoms with van der Waals surface area (Å²) in [7, 11) is 0. The monoisotopic (exact) mass is 416 g/mol. The van der Waals surface area contributed by atoms with Gasteiger partial charge < -0.3 is 19.9 Å². The van der Waals surface area contributed by atoms with E-state index in [0.717, 1.165) is 11.1 Å². The Balaban J connectivity index is 1.54. The maximum atomic E-state index is 13.2. The number of aromatic nitrogens is 2. The lowest BCUT2D eigenvalue weighted by Gasteiger charge is -2.15. The smallest absolute Gasteiger partial charge is 0.323 e. The van der Waals surface area contributed by atoms with Gasteiger partial charge in [0.25, 0.3) is 0 Å². The van der Waals surface area contributed by atoms with Gasteiger partial charge in [-0.1, -0.05) is 12.1 Å². The second kappa shape index (κ2) is 9.13. The molecule has 0 aliphatic heterocycles. The Morgan fingerprint density at radius 3 is 2.52 bits per heavy atom. The van der Waals surface area contributed by atoms with Crippen LogP contribution in [0.2, 0.25) is 0 Å². The van der Waals surface area contributed by atoms with Crippen LogP contribution in [0.15, 0.2) is 85.5 Å². The van der Waals surface area contributed by atoms with Gasteiger partial charge in [-0.2, -0.15) is 0 Å². The van der Waals surface area contributed by atoms with Gasteiger partial charge in [-0.15, -0.1) is 0 Å². The lowest BCUT2D eigenvalue weighted by Crippen LogP contribution is -2.19. The zero-order chi connectivity index (χ0) is 21.6. The predicted octanol–water partition coefficient (Wildman–Crippen LogP) is 5.82. The second-order valence-corrected chi connectivity index (χ2v) is 7.06. The largest absolute Gasteiger partial charge is 0.457 e. The molecular formula is C24H21FN4O2. The van der Waals surface area contributed by atoms with Crippen molar-refractivity contribution in [3.63, 3.8) is 0 Å². The maximum Gasteiger partial charge on any atom is 0.323 e. The van der Waals surface area contributed by atoms with Crippen LogP contribution in [0.3, 0.4) is 0 Å². The number of amides is 2. The number of benzene rings is 3. The molecule has 2 N–H and O–H groups in total. The number of halogens is 1. The summed E-state index contributed by atoms with van der Waals surface area (Å²) in [6.07, 6.45) is 5.23. The molecule has 0 aliphatic carbocycles. The summed E-state index contributed by atoms with van der Waals surface area (Å²) >= 11 is 0. The Labute approximate surface area is 179 Å². The van der Waals surface area contributed by atoms with Crippen LogP contribution in [0, 0.1) is 12.7 Å². The summed E-state index contributed by atoms with van der Waals surface area (Å²) < 4.78 is 21.0. The number of anilines is 2. The summed E-state index contributed by atoms with van der Waals surface area (Å²) in [6, 6.07) is 18.4. The molecule has 156 valence electrons. The quantitative estimate of drug-likeness (QED) is 0.416. The van der Waals surface area contributed by atoms with Crippen molar-refractivity contribution >= 4 is 17.4 Å². The van der Waals surface area contributed by atoms with Crippen LogP contribution < -0.4 is 15.4 Å². The van der Waals surface area contributed by atoms with E-state index in [-0.39, 0.29) is 11.8 Å². The molecule has 1 heterocycles. The predicted molar refractivity (Wildman–Crippen MR) is 118 cm³/mol. The number of nitrogens with one attached hydrogen (secondary N) is 2. The van der Waals surface area contributed by atoms with E-state index in [0.29, 0.717) is 29.4 Å². The highest BCUT2D eigenvalue weighted by Crippen LogP contribution is 2.29. The van der Waals surface area contributed by atoms with Crippen molar-refractivity contribution in [2.24, 2.45) is 0 Å². The van der Waals surface area contributed by atoms with Crippen molar-refractivity contribution in [2.75, 3.05) is 10.6 Å². The van der Waals surface area contributed by atoms with E-state index in [1.54, 1.807) is 36.8 Å². The summed E-state index contributed by atoms with van der Waals surface area (Å²) in [5.74, 6) is 0.793. The van der Waals surface area contributed by atoms with E-state index in [1.165, 1.54) is 12.1 Å². The normalized spacial score (nSPS) is 10.5. The van der Waals surface area contributed by atoms with Crippen molar-refractivity contribution in [3.05, 3.63) is 102 Å². The molecule has 0 aliphatic rings. The standard InChI is InChI=1S/C24H21FN4O2/c1-17-3-2-4-20(13-17)27-24(30)28-21-7-10-23(31-22-8-5-19(25)6-9-22)18(14-21)15-29-12-11-26-16-29/h2-14,16H,15H2,1H3,(H2,27,28,30). The molecule has 1 aromatic heterocycles. The number of hydrogen-bond acceptors (Lipinski definition) is 3. The maximum absolute atomic E-state index is 13.2. The van der Waals surface area contributed by atoms with Crippen LogP contribution in [-0.2, 0) is 6.54 Å². The zero-order valence-corrected chi connectivity index (χ0v) is 16.9. The van der Waals surface area contributed by atoms with Gasteiger partial charge >= 0.3 is 6.03 Å². The van der Waals surface area contributed by atoms with E-state index < -0.39 is 0 Å². The summed E-state index contributed by atoms with van der Waals surface area (Å²) in [6.45, 7) is 2.46. The van der Waals surface area contributed by atoms with Crippen LogP contribution >= 0.6 is 0 Å². The third-order valence-electron chi connectivity index (χ3n) is 4.55. The van der Waals surface area contributed by atoms with E-state index in [9.17, 15) is 9.18 Å². The van der Waals surface area contributed by atoms with Crippen LogP contribution in [0.1, 0.15) is 11.1 Å². The van der Waals surface area contributed by atoms with Crippen molar-refractivity contribution in [3.8, 4) is 11.5 Å². The fourth-order valence-electron chi connectivity index (χ4n) is 3.10. The Morgan fingerprint density at radius 2 is 1.81 bits per heavy atom. The van der Waals surface area contributed by atoms with Crippen molar-refractivity contribution in [1.82, 2.24) is 9.55 Å². The Bertz CT molecular complexity index is 1170. The van der Waals surface area contributed by atoms with Gasteiger partial charge in [0.15, 0.2) is 0 Å².